The number of likely N-dealkylation sites (N-methyl/N-ethyl adjacent to an activating group) is 1. The van der Waals surface area contributed by atoms with Crippen LogP contribution in [0.3, 0.4) is 0 Å². The smallest absolute Gasteiger partial charge is 0.260 e. The predicted octanol–water partition coefficient (Wildman–Crippen LogP) is 3.29. The number of anilines is 1. The van der Waals surface area contributed by atoms with E-state index in [0.717, 1.165) is 17.7 Å². The fourth-order valence-corrected chi connectivity index (χ4v) is 3.41. The number of nitrogens with zero attached hydrogens (tertiary/aromatic N) is 4. The third-order valence-electron chi connectivity index (χ3n) is 5.29. The van der Waals surface area contributed by atoms with Crippen molar-refractivity contribution < 1.29 is 18.7 Å². The van der Waals surface area contributed by atoms with E-state index in [2.05, 4.69) is 23.8 Å². The van der Waals surface area contributed by atoms with Gasteiger partial charge in [-0.25, -0.2) is 14.4 Å². The Labute approximate surface area is 182 Å². The van der Waals surface area contributed by atoms with Gasteiger partial charge >= 0.3 is 0 Å². The molecule has 1 aliphatic heterocycles. The first kappa shape index (κ1) is 22.7. The second kappa shape index (κ2) is 9.85. The molecule has 31 heavy (non-hydrogen) atoms. The summed E-state index contributed by atoms with van der Waals surface area (Å²) in [5.41, 5.74) is 1.84. The molecular weight excluding hydrogens is 399 g/mol. The summed E-state index contributed by atoms with van der Waals surface area (Å²) in [6.07, 6.45) is 2.00. The number of amides is 2. The van der Waals surface area contributed by atoms with Crippen molar-refractivity contribution in [3.63, 3.8) is 0 Å². The van der Waals surface area contributed by atoms with Gasteiger partial charge in [-0.1, -0.05) is 13.8 Å². The largest absolute Gasteiger partial charge is 0.484 e. The lowest BCUT2D eigenvalue weighted by Crippen LogP contribution is -2.38. The molecule has 7 nitrogen and oxygen atoms in total. The van der Waals surface area contributed by atoms with Crippen LogP contribution in [0.2, 0.25) is 0 Å². The van der Waals surface area contributed by atoms with Gasteiger partial charge in [0.15, 0.2) is 6.61 Å². The molecule has 0 N–H and O–H groups in total. The van der Waals surface area contributed by atoms with Crippen LogP contribution in [-0.4, -0.2) is 46.9 Å². The van der Waals surface area contributed by atoms with Crippen LogP contribution in [0.4, 0.5) is 10.2 Å². The van der Waals surface area contributed by atoms with E-state index in [4.69, 9.17) is 4.74 Å². The summed E-state index contributed by atoms with van der Waals surface area (Å²) in [7, 11) is 1.65. The summed E-state index contributed by atoms with van der Waals surface area (Å²) in [6.45, 7) is 6.82. The molecule has 0 unspecified atom stereocenters. The zero-order valence-electron chi connectivity index (χ0n) is 18.5. The summed E-state index contributed by atoms with van der Waals surface area (Å²) < 4.78 is 18.4. The number of ether oxygens (including phenoxy) is 1. The van der Waals surface area contributed by atoms with E-state index in [-0.39, 0.29) is 30.8 Å². The average molecular weight is 429 g/mol. The molecular formula is C23H29FN4O3. The minimum Gasteiger partial charge on any atom is -0.484 e. The molecule has 0 spiro atoms. The van der Waals surface area contributed by atoms with E-state index in [1.807, 2.05) is 6.92 Å². The van der Waals surface area contributed by atoms with E-state index in [1.165, 1.54) is 29.2 Å². The summed E-state index contributed by atoms with van der Waals surface area (Å²) >= 11 is 0. The van der Waals surface area contributed by atoms with Gasteiger partial charge in [0.1, 0.15) is 23.2 Å². The molecule has 0 saturated carbocycles. The van der Waals surface area contributed by atoms with Crippen LogP contribution >= 0.6 is 0 Å². The molecule has 1 aliphatic rings. The number of benzene rings is 1. The highest BCUT2D eigenvalue weighted by molar-refractivity contribution is 5.95. The molecule has 0 saturated heterocycles. The second-order valence-corrected chi connectivity index (χ2v) is 8.25. The SMILES string of the molecule is Cc1nc(CN(C)C(=O)COc2ccc(F)cc2)nc2c1CCC(=O)N2CCC(C)C. The molecule has 2 aromatic rings. The van der Waals surface area contributed by atoms with Gasteiger partial charge in [-0.2, -0.15) is 0 Å². The first-order valence-electron chi connectivity index (χ1n) is 10.5. The van der Waals surface area contributed by atoms with Crippen LogP contribution in [0, 0.1) is 18.7 Å². The fraction of sp³-hybridized carbons (Fsp3) is 0.478. The van der Waals surface area contributed by atoms with Crippen LogP contribution < -0.4 is 9.64 Å². The molecule has 1 aromatic carbocycles. The van der Waals surface area contributed by atoms with E-state index >= 15 is 0 Å². The first-order valence-corrected chi connectivity index (χ1v) is 10.5. The van der Waals surface area contributed by atoms with Gasteiger partial charge in [-0.05, 0) is 49.9 Å². The van der Waals surface area contributed by atoms with Gasteiger partial charge in [0, 0.05) is 31.3 Å². The first-order chi connectivity index (χ1) is 14.7. The van der Waals surface area contributed by atoms with E-state index in [0.29, 0.717) is 42.7 Å². The Hall–Kier alpha value is -3.03. The monoisotopic (exact) mass is 428 g/mol. The predicted molar refractivity (Wildman–Crippen MR) is 115 cm³/mol. The van der Waals surface area contributed by atoms with Gasteiger partial charge in [-0.15, -0.1) is 0 Å². The van der Waals surface area contributed by atoms with Crippen LogP contribution in [0.25, 0.3) is 0 Å². The quantitative estimate of drug-likeness (QED) is 0.645. The van der Waals surface area contributed by atoms with Gasteiger partial charge in [-0.3, -0.25) is 14.5 Å². The summed E-state index contributed by atoms with van der Waals surface area (Å²) in [6, 6.07) is 5.50. The zero-order valence-corrected chi connectivity index (χ0v) is 18.5. The number of aromatic nitrogens is 2. The van der Waals surface area contributed by atoms with Crippen molar-refractivity contribution in [3.05, 3.63) is 47.2 Å². The molecule has 1 aromatic heterocycles. The fourth-order valence-electron chi connectivity index (χ4n) is 3.41. The summed E-state index contributed by atoms with van der Waals surface area (Å²) in [5, 5.41) is 0. The molecule has 2 heterocycles. The van der Waals surface area contributed by atoms with Crippen molar-refractivity contribution in [2.75, 3.05) is 25.1 Å². The molecule has 0 atom stereocenters. The lowest BCUT2D eigenvalue weighted by Gasteiger charge is -2.30. The minimum atomic E-state index is -0.364. The Morgan fingerprint density at radius 2 is 1.94 bits per heavy atom. The Morgan fingerprint density at radius 3 is 2.61 bits per heavy atom. The van der Waals surface area contributed by atoms with E-state index in [1.54, 1.807) is 11.9 Å². The molecule has 166 valence electrons. The Morgan fingerprint density at radius 1 is 1.23 bits per heavy atom. The number of carbonyl (C=O) groups is 2. The van der Waals surface area contributed by atoms with Crippen LogP contribution in [0.15, 0.2) is 24.3 Å². The van der Waals surface area contributed by atoms with Crippen molar-refractivity contribution in [3.8, 4) is 5.75 Å². The lowest BCUT2D eigenvalue weighted by molar-refractivity contribution is -0.132. The van der Waals surface area contributed by atoms with Crippen molar-refractivity contribution in [2.45, 2.75) is 46.6 Å². The lowest BCUT2D eigenvalue weighted by atomic mass is 10.0. The number of carbonyl (C=O) groups excluding carboxylic acids is 2. The third-order valence-corrected chi connectivity index (χ3v) is 5.29. The number of aryl methyl sites for hydroxylation is 1. The minimum absolute atomic E-state index is 0.0781. The number of hydrogen-bond donors (Lipinski definition) is 0. The second-order valence-electron chi connectivity index (χ2n) is 8.25. The van der Waals surface area contributed by atoms with Gasteiger partial charge in [0.25, 0.3) is 5.91 Å². The normalized spacial score (nSPS) is 13.4. The summed E-state index contributed by atoms with van der Waals surface area (Å²) in [5.74, 6) is 1.51. The van der Waals surface area contributed by atoms with Crippen molar-refractivity contribution in [2.24, 2.45) is 5.92 Å². The average Bonchev–Trinajstić information content (AvgIpc) is 2.72. The molecule has 2 amide bonds. The number of hydrogen-bond acceptors (Lipinski definition) is 5. The molecule has 3 rings (SSSR count). The maximum absolute atomic E-state index is 13.0. The maximum atomic E-state index is 13.0. The summed E-state index contributed by atoms with van der Waals surface area (Å²) in [4.78, 5) is 37.4. The highest BCUT2D eigenvalue weighted by Gasteiger charge is 2.28. The zero-order chi connectivity index (χ0) is 22.5. The maximum Gasteiger partial charge on any atom is 0.260 e. The molecule has 0 bridgehead atoms. The number of halogens is 1. The van der Waals surface area contributed by atoms with Crippen LogP contribution in [-0.2, 0) is 22.6 Å². The molecule has 0 aliphatic carbocycles. The molecule has 8 heteroatoms. The highest BCUT2D eigenvalue weighted by Crippen LogP contribution is 2.28. The van der Waals surface area contributed by atoms with Crippen LogP contribution in [0.1, 0.15) is 43.8 Å². The molecule has 0 fully saturated rings. The van der Waals surface area contributed by atoms with Gasteiger partial charge < -0.3 is 9.64 Å². The number of rotatable bonds is 8. The van der Waals surface area contributed by atoms with Crippen molar-refractivity contribution >= 4 is 17.6 Å². The number of fused-ring (bicyclic) bond motifs is 1. The van der Waals surface area contributed by atoms with E-state index < -0.39 is 0 Å². The van der Waals surface area contributed by atoms with Crippen molar-refractivity contribution in [1.29, 1.82) is 0 Å². The van der Waals surface area contributed by atoms with E-state index in [9.17, 15) is 14.0 Å². The van der Waals surface area contributed by atoms with Gasteiger partial charge in [0.05, 0.1) is 6.54 Å². The highest BCUT2D eigenvalue weighted by atomic mass is 19.1. The Bertz CT molecular complexity index is 947. The van der Waals surface area contributed by atoms with Crippen LogP contribution in [0.5, 0.6) is 5.75 Å². The Balaban J connectivity index is 1.69. The van der Waals surface area contributed by atoms with Gasteiger partial charge in [0.2, 0.25) is 5.91 Å². The Kier molecular flexibility index (Phi) is 7.20. The van der Waals surface area contributed by atoms with Crippen molar-refractivity contribution in [1.82, 2.24) is 14.9 Å². The standard InChI is InChI=1S/C23H29FN4O3/c1-15(2)11-12-28-21(29)10-9-19-16(3)25-20(26-23(19)28)13-27(4)22(30)14-31-18-7-5-17(24)6-8-18/h5-8,15H,9-14H2,1-4H3. The topological polar surface area (TPSA) is 75.6 Å². The molecule has 0 radical (unpaired) electrons. The third kappa shape index (κ3) is 5.77.